The van der Waals surface area contributed by atoms with E-state index in [-0.39, 0.29) is 10.8 Å². The second-order valence-corrected chi connectivity index (χ2v) is 18.2. The number of fused-ring (bicyclic) bond motifs is 8. The molecule has 296 valence electrons. The topological polar surface area (TPSA) is 8.17 Å². The van der Waals surface area contributed by atoms with Gasteiger partial charge >= 0.3 is 0 Å². The van der Waals surface area contributed by atoms with E-state index in [1.54, 1.807) is 0 Å². The van der Waals surface area contributed by atoms with Gasteiger partial charge in [-0.15, -0.1) is 0 Å². The molecule has 2 heterocycles. The van der Waals surface area contributed by atoms with Crippen LogP contribution in [0, 0.1) is 0 Å². The molecular formula is C60H46N2. The van der Waals surface area contributed by atoms with E-state index >= 15 is 0 Å². The van der Waals surface area contributed by atoms with Crippen LogP contribution in [0.25, 0.3) is 72.0 Å². The molecule has 2 nitrogen and oxygen atoms in total. The molecule has 1 aliphatic heterocycles. The zero-order chi connectivity index (χ0) is 41.7. The van der Waals surface area contributed by atoms with Crippen LogP contribution in [0.15, 0.2) is 206 Å². The first-order chi connectivity index (χ1) is 30.3. The molecule has 9 aromatic carbocycles. The Balaban J connectivity index is 1.03. The minimum absolute atomic E-state index is 0.209. The lowest BCUT2D eigenvalue weighted by Crippen LogP contribution is -2.31. The van der Waals surface area contributed by atoms with Crippen LogP contribution in [0.1, 0.15) is 49.9 Å². The van der Waals surface area contributed by atoms with Crippen molar-refractivity contribution < 1.29 is 0 Å². The number of para-hydroxylation sites is 2. The molecule has 0 saturated heterocycles. The van der Waals surface area contributed by atoms with Crippen LogP contribution in [-0.4, -0.2) is 4.57 Å². The smallest absolute Gasteiger partial charge is 0.0543 e. The van der Waals surface area contributed by atoms with Crippen molar-refractivity contribution in [1.29, 1.82) is 0 Å². The first kappa shape index (κ1) is 36.4. The fourth-order valence-corrected chi connectivity index (χ4v) is 10.8. The van der Waals surface area contributed by atoms with E-state index < -0.39 is 0 Å². The maximum Gasteiger partial charge on any atom is 0.0543 e. The highest BCUT2D eigenvalue weighted by molar-refractivity contribution is 6.10. The highest BCUT2D eigenvalue weighted by atomic mass is 15.2. The van der Waals surface area contributed by atoms with Gasteiger partial charge in [-0.2, -0.15) is 0 Å². The SMILES string of the molecule is CC1(C)c2cc(-c3ccccc3)ccc2N(c2cccc3c2-c2ccc(-c4ccc5c(c4)c4ccccc4n5-c4ccccc4)cc2C3(C)C)c2ccc(-c3ccccc3)cc21. The van der Waals surface area contributed by atoms with E-state index in [0.717, 1.165) is 0 Å². The van der Waals surface area contributed by atoms with E-state index in [2.05, 4.69) is 243 Å². The van der Waals surface area contributed by atoms with Crippen molar-refractivity contribution >= 4 is 38.9 Å². The molecule has 0 spiro atoms. The van der Waals surface area contributed by atoms with Gasteiger partial charge in [-0.05, 0) is 128 Å². The molecule has 2 aliphatic rings. The average Bonchev–Trinajstić information content (AvgIpc) is 3.77. The monoisotopic (exact) mass is 794 g/mol. The Morgan fingerprint density at radius 3 is 1.48 bits per heavy atom. The highest BCUT2D eigenvalue weighted by Crippen LogP contribution is 2.59. The summed E-state index contributed by atoms with van der Waals surface area (Å²) < 4.78 is 2.39. The van der Waals surface area contributed by atoms with E-state index in [1.807, 2.05) is 0 Å². The van der Waals surface area contributed by atoms with Crippen LogP contribution >= 0.6 is 0 Å². The molecule has 0 radical (unpaired) electrons. The first-order valence-corrected chi connectivity index (χ1v) is 21.8. The number of hydrogen-bond donors (Lipinski definition) is 0. The standard InChI is InChI=1S/C60H46N2/c1-59(2)49-24-16-26-57(58(49)47-31-27-44(36-50(47)59)41-28-32-54-48(35-41)46-23-14-15-25-53(46)61(54)45-21-12-7-13-22-45)62-55-33-29-42(39-17-8-5-9-18-39)37-51(55)60(3,4)52-38-43(30-34-56(52)62)40-19-10-6-11-20-40/h5-38H,1-4H3. The van der Waals surface area contributed by atoms with Crippen LogP contribution in [0.3, 0.4) is 0 Å². The van der Waals surface area contributed by atoms with Gasteiger partial charge in [0.05, 0.1) is 28.1 Å². The zero-order valence-corrected chi connectivity index (χ0v) is 35.5. The molecule has 1 aromatic heterocycles. The van der Waals surface area contributed by atoms with Gasteiger partial charge in [0.2, 0.25) is 0 Å². The van der Waals surface area contributed by atoms with Gasteiger partial charge in [0.1, 0.15) is 0 Å². The second kappa shape index (κ2) is 13.5. The molecule has 10 aromatic rings. The molecule has 62 heavy (non-hydrogen) atoms. The number of hydrogen-bond acceptors (Lipinski definition) is 1. The van der Waals surface area contributed by atoms with Gasteiger partial charge in [0, 0.05) is 32.9 Å². The Morgan fingerprint density at radius 1 is 0.323 bits per heavy atom. The van der Waals surface area contributed by atoms with Crippen molar-refractivity contribution in [2.24, 2.45) is 0 Å². The number of aromatic nitrogens is 1. The van der Waals surface area contributed by atoms with Gasteiger partial charge in [0.25, 0.3) is 0 Å². The molecule has 2 heteroatoms. The van der Waals surface area contributed by atoms with Crippen LogP contribution in [0.5, 0.6) is 0 Å². The third-order valence-corrected chi connectivity index (χ3v) is 14.0. The molecule has 0 fully saturated rings. The van der Waals surface area contributed by atoms with Gasteiger partial charge in [-0.1, -0.05) is 167 Å². The van der Waals surface area contributed by atoms with Crippen LogP contribution in [0.2, 0.25) is 0 Å². The van der Waals surface area contributed by atoms with Crippen LogP contribution in [0.4, 0.5) is 17.1 Å². The summed E-state index contributed by atoms with van der Waals surface area (Å²) in [5.41, 5.74) is 22.2. The molecular weight excluding hydrogens is 749 g/mol. The summed E-state index contributed by atoms with van der Waals surface area (Å²) in [5, 5.41) is 2.53. The van der Waals surface area contributed by atoms with Crippen molar-refractivity contribution in [3.63, 3.8) is 0 Å². The largest absolute Gasteiger partial charge is 0.309 e. The van der Waals surface area contributed by atoms with E-state index in [0.29, 0.717) is 0 Å². The quantitative estimate of drug-likeness (QED) is 0.168. The normalized spacial score (nSPS) is 14.4. The van der Waals surface area contributed by atoms with E-state index in [4.69, 9.17) is 0 Å². The summed E-state index contributed by atoms with van der Waals surface area (Å²) in [6.07, 6.45) is 0. The predicted octanol–water partition coefficient (Wildman–Crippen LogP) is 16.2. The number of rotatable bonds is 5. The number of anilines is 3. The molecule has 12 rings (SSSR count). The average molecular weight is 795 g/mol. The number of nitrogens with zero attached hydrogens (tertiary/aromatic N) is 2. The van der Waals surface area contributed by atoms with Crippen LogP contribution in [-0.2, 0) is 10.8 Å². The van der Waals surface area contributed by atoms with Crippen molar-refractivity contribution in [3.05, 3.63) is 229 Å². The maximum atomic E-state index is 2.56. The van der Waals surface area contributed by atoms with Crippen molar-refractivity contribution in [2.75, 3.05) is 4.90 Å². The van der Waals surface area contributed by atoms with Gasteiger partial charge in [-0.25, -0.2) is 0 Å². The van der Waals surface area contributed by atoms with Crippen LogP contribution < -0.4 is 4.90 Å². The Kier molecular flexibility index (Phi) is 7.96. The van der Waals surface area contributed by atoms with Crippen molar-refractivity contribution in [1.82, 2.24) is 4.57 Å². The van der Waals surface area contributed by atoms with Crippen molar-refractivity contribution in [3.8, 4) is 50.2 Å². The fraction of sp³-hybridized carbons (Fsp3) is 0.100. The molecule has 0 bridgehead atoms. The maximum absolute atomic E-state index is 2.56. The third kappa shape index (κ3) is 5.36. The third-order valence-electron chi connectivity index (χ3n) is 14.0. The lowest BCUT2D eigenvalue weighted by Gasteiger charge is -2.43. The second-order valence-electron chi connectivity index (χ2n) is 18.2. The summed E-state index contributed by atoms with van der Waals surface area (Å²) in [7, 11) is 0. The molecule has 0 N–H and O–H groups in total. The summed E-state index contributed by atoms with van der Waals surface area (Å²) >= 11 is 0. The highest BCUT2D eigenvalue weighted by Gasteiger charge is 2.42. The van der Waals surface area contributed by atoms with Crippen molar-refractivity contribution in [2.45, 2.75) is 38.5 Å². The van der Waals surface area contributed by atoms with E-state index in [1.165, 1.54) is 111 Å². The Bertz CT molecular complexity index is 3300. The van der Waals surface area contributed by atoms with Gasteiger partial charge < -0.3 is 9.47 Å². The fourth-order valence-electron chi connectivity index (χ4n) is 10.8. The minimum Gasteiger partial charge on any atom is -0.309 e. The summed E-state index contributed by atoms with van der Waals surface area (Å²) in [6, 6.07) is 76.5. The summed E-state index contributed by atoms with van der Waals surface area (Å²) in [5.74, 6) is 0. The van der Waals surface area contributed by atoms with Gasteiger partial charge in [0.15, 0.2) is 0 Å². The first-order valence-electron chi connectivity index (χ1n) is 21.8. The molecule has 0 saturated carbocycles. The Morgan fingerprint density at radius 2 is 0.823 bits per heavy atom. The van der Waals surface area contributed by atoms with E-state index in [9.17, 15) is 0 Å². The lowest BCUT2D eigenvalue weighted by atomic mass is 9.72. The molecule has 0 amide bonds. The minimum atomic E-state index is -0.255. The Hall–Kier alpha value is -7.42. The predicted molar refractivity (Wildman–Crippen MR) is 261 cm³/mol. The zero-order valence-electron chi connectivity index (χ0n) is 35.5. The molecule has 1 aliphatic carbocycles. The summed E-state index contributed by atoms with van der Waals surface area (Å²) in [4.78, 5) is 2.56. The van der Waals surface area contributed by atoms with Gasteiger partial charge in [-0.3, -0.25) is 0 Å². The number of benzene rings is 9. The molecule has 0 atom stereocenters. The lowest BCUT2D eigenvalue weighted by molar-refractivity contribution is 0.632. The summed E-state index contributed by atoms with van der Waals surface area (Å²) in [6.45, 7) is 9.61. The molecule has 0 unspecified atom stereocenters. The Labute approximate surface area is 364 Å².